The number of rotatable bonds is 4. The van der Waals surface area contributed by atoms with Crippen molar-refractivity contribution < 1.29 is 19.8 Å². The van der Waals surface area contributed by atoms with Gasteiger partial charge in [0.1, 0.15) is 0 Å². The highest BCUT2D eigenvalue weighted by Crippen LogP contribution is 2.25. The molecule has 112 valence electrons. The summed E-state index contributed by atoms with van der Waals surface area (Å²) in [4.78, 5) is 22.4. The predicted octanol–water partition coefficient (Wildman–Crippen LogP) is 3.58. The van der Waals surface area contributed by atoms with Crippen molar-refractivity contribution in [2.45, 2.75) is 26.2 Å². The van der Waals surface area contributed by atoms with E-state index in [0.29, 0.717) is 18.4 Å². The molecule has 0 saturated heterocycles. The van der Waals surface area contributed by atoms with Crippen LogP contribution in [0.1, 0.15) is 46.0 Å². The first-order valence-electron chi connectivity index (χ1n) is 7.02. The minimum absolute atomic E-state index is 0.187. The molecule has 0 saturated carbocycles. The van der Waals surface area contributed by atoms with E-state index in [0.717, 1.165) is 17.2 Å². The van der Waals surface area contributed by atoms with Crippen LogP contribution in [-0.2, 0) is 6.42 Å². The van der Waals surface area contributed by atoms with Crippen molar-refractivity contribution in [3.63, 3.8) is 0 Å². The molecule has 0 heterocycles. The fourth-order valence-electron chi connectivity index (χ4n) is 2.40. The Morgan fingerprint density at radius 2 is 1.82 bits per heavy atom. The zero-order valence-corrected chi connectivity index (χ0v) is 12.2. The van der Waals surface area contributed by atoms with Gasteiger partial charge in [-0.25, -0.2) is 9.59 Å². The van der Waals surface area contributed by atoms with E-state index >= 15 is 0 Å². The standard InChI is InChI=1S/C18H16O4/c1-2-3-4-5-6-15-14-9-8-13(17(19)20)11-12(14)7-10-16(15)18(21)22/h7-11H,2,5-6H2,1H3,(H,19,20)(H,21,22). The molecular weight excluding hydrogens is 280 g/mol. The minimum atomic E-state index is -1.00. The van der Waals surface area contributed by atoms with Gasteiger partial charge in [-0.1, -0.05) is 19.1 Å². The third-order valence-electron chi connectivity index (χ3n) is 3.41. The van der Waals surface area contributed by atoms with E-state index in [-0.39, 0.29) is 11.1 Å². The zero-order valence-electron chi connectivity index (χ0n) is 12.2. The maximum Gasteiger partial charge on any atom is 0.335 e. The number of hydrogen-bond acceptors (Lipinski definition) is 2. The number of carbonyl (C=O) groups is 2. The first kappa shape index (κ1) is 15.6. The van der Waals surface area contributed by atoms with Gasteiger partial charge in [0.15, 0.2) is 0 Å². The van der Waals surface area contributed by atoms with Crippen LogP contribution < -0.4 is 0 Å². The average molecular weight is 296 g/mol. The molecule has 2 rings (SSSR count). The molecular formula is C18H16O4. The molecule has 22 heavy (non-hydrogen) atoms. The Morgan fingerprint density at radius 3 is 2.45 bits per heavy atom. The van der Waals surface area contributed by atoms with Gasteiger partial charge in [0.25, 0.3) is 0 Å². The van der Waals surface area contributed by atoms with Crippen molar-refractivity contribution in [2.24, 2.45) is 0 Å². The lowest BCUT2D eigenvalue weighted by molar-refractivity contribution is 0.0685. The monoisotopic (exact) mass is 296 g/mol. The van der Waals surface area contributed by atoms with E-state index < -0.39 is 11.9 Å². The number of aromatic carboxylic acids is 2. The number of fused-ring (bicyclic) bond motifs is 1. The van der Waals surface area contributed by atoms with Crippen molar-refractivity contribution >= 4 is 22.7 Å². The zero-order chi connectivity index (χ0) is 16.1. The number of carboxylic acid groups (broad SMARTS) is 2. The highest BCUT2D eigenvalue weighted by atomic mass is 16.4. The first-order valence-corrected chi connectivity index (χ1v) is 7.02. The average Bonchev–Trinajstić information content (AvgIpc) is 2.50. The molecule has 0 fully saturated rings. The summed E-state index contributed by atoms with van der Waals surface area (Å²) in [5, 5.41) is 19.9. The van der Waals surface area contributed by atoms with Gasteiger partial charge in [-0.05, 0) is 41.0 Å². The first-order chi connectivity index (χ1) is 10.5. The van der Waals surface area contributed by atoms with Crippen LogP contribution in [0.25, 0.3) is 10.8 Å². The van der Waals surface area contributed by atoms with Crippen LogP contribution in [0.3, 0.4) is 0 Å². The lowest BCUT2D eigenvalue weighted by Crippen LogP contribution is -2.04. The van der Waals surface area contributed by atoms with E-state index in [1.807, 2.05) is 6.92 Å². The number of hydrogen-bond donors (Lipinski definition) is 2. The normalized spacial score (nSPS) is 10.0. The summed E-state index contributed by atoms with van der Waals surface area (Å²) in [7, 11) is 0. The van der Waals surface area contributed by atoms with Crippen LogP contribution in [0.5, 0.6) is 0 Å². The Balaban J connectivity index is 2.54. The van der Waals surface area contributed by atoms with Crippen LogP contribution >= 0.6 is 0 Å². The van der Waals surface area contributed by atoms with Crippen molar-refractivity contribution in [1.82, 2.24) is 0 Å². The summed E-state index contributed by atoms with van der Waals surface area (Å²) in [5.74, 6) is 3.99. The van der Waals surface area contributed by atoms with Crippen LogP contribution in [0.2, 0.25) is 0 Å². The SMILES string of the molecule is CCC#CCCc1c(C(=O)O)ccc2cc(C(=O)O)ccc12. The van der Waals surface area contributed by atoms with Gasteiger partial charge in [-0.3, -0.25) is 0 Å². The molecule has 0 spiro atoms. The fourth-order valence-corrected chi connectivity index (χ4v) is 2.40. The minimum Gasteiger partial charge on any atom is -0.478 e. The maximum atomic E-state index is 11.4. The number of aryl methyl sites for hydroxylation is 1. The van der Waals surface area contributed by atoms with E-state index in [1.165, 1.54) is 12.1 Å². The summed E-state index contributed by atoms with van der Waals surface area (Å²) >= 11 is 0. The lowest BCUT2D eigenvalue weighted by Gasteiger charge is -2.10. The van der Waals surface area contributed by atoms with Crippen LogP contribution in [0.15, 0.2) is 30.3 Å². The van der Waals surface area contributed by atoms with Crippen LogP contribution in [0, 0.1) is 11.8 Å². The molecule has 2 aromatic rings. The molecule has 0 aliphatic rings. The Kier molecular flexibility index (Phi) is 4.80. The smallest absolute Gasteiger partial charge is 0.335 e. The van der Waals surface area contributed by atoms with Crippen molar-refractivity contribution in [3.8, 4) is 11.8 Å². The summed E-state index contributed by atoms with van der Waals surface area (Å²) in [5.41, 5.74) is 1.13. The van der Waals surface area contributed by atoms with Crippen LogP contribution in [0.4, 0.5) is 0 Å². The van der Waals surface area contributed by atoms with Gasteiger partial charge in [-0.2, -0.15) is 0 Å². The molecule has 0 aliphatic carbocycles. The maximum absolute atomic E-state index is 11.4. The largest absolute Gasteiger partial charge is 0.478 e. The summed E-state index contributed by atoms with van der Waals surface area (Å²) < 4.78 is 0. The van der Waals surface area contributed by atoms with Gasteiger partial charge < -0.3 is 10.2 Å². The van der Waals surface area contributed by atoms with Crippen molar-refractivity contribution in [1.29, 1.82) is 0 Å². The van der Waals surface area contributed by atoms with E-state index in [2.05, 4.69) is 11.8 Å². The van der Waals surface area contributed by atoms with Gasteiger partial charge in [0, 0.05) is 12.8 Å². The Hall–Kier alpha value is -2.80. The third kappa shape index (κ3) is 3.26. The third-order valence-corrected chi connectivity index (χ3v) is 3.41. The number of carboxylic acids is 2. The molecule has 0 amide bonds. The van der Waals surface area contributed by atoms with Gasteiger partial charge >= 0.3 is 11.9 Å². The summed E-state index contributed by atoms with van der Waals surface area (Å²) in [6, 6.07) is 7.90. The second-order valence-corrected chi connectivity index (χ2v) is 4.85. The Bertz CT molecular complexity index is 794. The molecule has 0 aliphatic heterocycles. The second-order valence-electron chi connectivity index (χ2n) is 4.85. The fraction of sp³-hybridized carbons (Fsp3) is 0.222. The molecule has 0 unspecified atom stereocenters. The summed E-state index contributed by atoms with van der Waals surface area (Å²) in [6.45, 7) is 1.96. The summed E-state index contributed by atoms with van der Waals surface area (Å²) in [6.07, 6.45) is 1.87. The molecule has 2 N–H and O–H groups in total. The molecule has 4 nitrogen and oxygen atoms in total. The van der Waals surface area contributed by atoms with E-state index in [9.17, 15) is 14.7 Å². The molecule has 0 atom stereocenters. The second kappa shape index (κ2) is 6.77. The van der Waals surface area contributed by atoms with Crippen LogP contribution in [-0.4, -0.2) is 22.2 Å². The predicted molar refractivity (Wildman–Crippen MR) is 84.3 cm³/mol. The molecule has 4 heteroatoms. The van der Waals surface area contributed by atoms with E-state index in [1.54, 1.807) is 18.2 Å². The van der Waals surface area contributed by atoms with Crippen molar-refractivity contribution in [3.05, 3.63) is 47.0 Å². The Labute approximate surface area is 128 Å². The quantitative estimate of drug-likeness (QED) is 0.846. The highest BCUT2D eigenvalue weighted by molar-refractivity contribution is 6.00. The Morgan fingerprint density at radius 1 is 1.05 bits per heavy atom. The highest BCUT2D eigenvalue weighted by Gasteiger charge is 2.14. The van der Waals surface area contributed by atoms with Gasteiger partial charge in [0.05, 0.1) is 11.1 Å². The topological polar surface area (TPSA) is 74.6 Å². The molecule has 2 aromatic carbocycles. The van der Waals surface area contributed by atoms with Gasteiger partial charge in [-0.15, -0.1) is 11.8 Å². The molecule has 0 aromatic heterocycles. The lowest BCUT2D eigenvalue weighted by atomic mass is 9.94. The van der Waals surface area contributed by atoms with Gasteiger partial charge in [0.2, 0.25) is 0 Å². The molecule has 0 radical (unpaired) electrons. The molecule has 0 bridgehead atoms. The van der Waals surface area contributed by atoms with E-state index in [4.69, 9.17) is 5.11 Å². The number of benzene rings is 2. The van der Waals surface area contributed by atoms with Crippen molar-refractivity contribution in [2.75, 3.05) is 0 Å².